The fourth-order valence-electron chi connectivity index (χ4n) is 2.43. The van der Waals surface area contributed by atoms with E-state index in [-0.39, 0.29) is 11.8 Å². The second kappa shape index (κ2) is 5.87. The van der Waals surface area contributed by atoms with Gasteiger partial charge in [0.15, 0.2) is 0 Å². The van der Waals surface area contributed by atoms with E-state index in [0.29, 0.717) is 0 Å². The van der Waals surface area contributed by atoms with Crippen molar-refractivity contribution in [3.63, 3.8) is 0 Å². The van der Waals surface area contributed by atoms with Gasteiger partial charge in [0.2, 0.25) is 5.91 Å². The molecule has 1 aliphatic carbocycles. The van der Waals surface area contributed by atoms with E-state index in [1.54, 1.807) is 4.68 Å². The molecule has 0 fully saturated rings. The van der Waals surface area contributed by atoms with Crippen LogP contribution in [0, 0.1) is 12.8 Å². The maximum atomic E-state index is 12.3. The molecule has 1 heterocycles. The van der Waals surface area contributed by atoms with E-state index in [9.17, 15) is 4.79 Å². The molecule has 1 N–H and O–H groups in total. The molecule has 0 aliphatic heterocycles. The van der Waals surface area contributed by atoms with Crippen LogP contribution in [0.25, 0.3) is 5.69 Å². The Morgan fingerprint density at radius 3 is 3.00 bits per heavy atom. The highest BCUT2D eigenvalue weighted by molar-refractivity contribution is 5.93. The van der Waals surface area contributed by atoms with Crippen LogP contribution in [-0.2, 0) is 4.79 Å². The van der Waals surface area contributed by atoms with Crippen molar-refractivity contribution in [2.24, 2.45) is 5.92 Å². The van der Waals surface area contributed by atoms with Gasteiger partial charge in [-0.3, -0.25) is 4.79 Å². The van der Waals surface area contributed by atoms with Crippen molar-refractivity contribution in [1.29, 1.82) is 0 Å². The van der Waals surface area contributed by atoms with Crippen molar-refractivity contribution in [2.45, 2.75) is 26.2 Å². The van der Waals surface area contributed by atoms with E-state index in [0.717, 1.165) is 36.2 Å². The number of anilines is 1. The van der Waals surface area contributed by atoms with Crippen molar-refractivity contribution in [2.75, 3.05) is 5.32 Å². The average Bonchev–Trinajstić information content (AvgIpc) is 3.04. The molecule has 108 valence electrons. The van der Waals surface area contributed by atoms with Crippen molar-refractivity contribution in [3.05, 3.63) is 42.2 Å². The summed E-state index contributed by atoms with van der Waals surface area (Å²) < 4.78 is 1.57. The third kappa shape index (κ3) is 2.99. The Morgan fingerprint density at radius 2 is 2.29 bits per heavy atom. The zero-order chi connectivity index (χ0) is 14.7. The maximum Gasteiger partial charge on any atom is 0.227 e. The van der Waals surface area contributed by atoms with Crippen LogP contribution in [0.5, 0.6) is 0 Å². The van der Waals surface area contributed by atoms with E-state index in [1.165, 1.54) is 6.33 Å². The Morgan fingerprint density at radius 1 is 1.38 bits per heavy atom. The van der Waals surface area contributed by atoms with Gasteiger partial charge in [0.25, 0.3) is 0 Å². The monoisotopic (exact) mass is 283 g/mol. The van der Waals surface area contributed by atoms with Crippen LogP contribution in [0.15, 0.2) is 36.7 Å². The predicted molar refractivity (Wildman–Crippen MR) is 79.0 cm³/mol. The lowest BCUT2D eigenvalue weighted by Gasteiger charge is -2.18. The van der Waals surface area contributed by atoms with Gasteiger partial charge in [0.05, 0.1) is 5.69 Å². The first-order valence-corrected chi connectivity index (χ1v) is 7.04. The molecule has 1 aromatic carbocycles. The molecule has 6 heteroatoms. The molecule has 0 bridgehead atoms. The molecule has 1 aliphatic rings. The number of aromatic nitrogens is 4. The second-order valence-corrected chi connectivity index (χ2v) is 5.22. The van der Waals surface area contributed by atoms with Crippen LogP contribution < -0.4 is 5.32 Å². The quantitative estimate of drug-likeness (QED) is 0.877. The Balaban J connectivity index is 1.79. The number of carbonyl (C=O) groups excluding carboxylic acids is 1. The number of amides is 1. The Kier molecular flexibility index (Phi) is 3.77. The minimum absolute atomic E-state index is 0.0612. The Bertz CT molecular complexity index is 663. The summed E-state index contributed by atoms with van der Waals surface area (Å²) in [5, 5.41) is 14.1. The maximum absolute atomic E-state index is 12.3. The number of nitrogens with zero attached hydrogens (tertiary/aromatic N) is 4. The normalized spacial score (nSPS) is 17.7. The minimum Gasteiger partial charge on any atom is -0.326 e. The topological polar surface area (TPSA) is 72.7 Å². The van der Waals surface area contributed by atoms with Crippen LogP contribution in [-0.4, -0.2) is 26.1 Å². The first-order valence-electron chi connectivity index (χ1n) is 7.04. The van der Waals surface area contributed by atoms with E-state index in [1.807, 2.05) is 25.1 Å². The number of nitrogens with one attached hydrogen (secondary N) is 1. The second-order valence-electron chi connectivity index (χ2n) is 5.22. The van der Waals surface area contributed by atoms with Gasteiger partial charge < -0.3 is 5.32 Å². The number of hydrogen-bond acceptors (Lipinski definition) is 4. The van der Waals surface area contributed by atoms with Gasteiger partial charge in [-0.05, 0) is 54.3 Å². The molecule has 0 saturated carbocycles. The standard InChI is InChI=1S/C15H17N5O/c1-11-7-8-13(20-10-16-18-19-20)9-14(11)17-15(21)12-5-3-2-4-6-12/h2-3,7-10,12H,4-6H2,1H3,(H,17,21)/t12-/m1/s1. The van der Waals surface area contributed by atoms with Crippen LogP contribution in [0.4, 0.5) is 5.69 Å². The summed E-state index contributed by atoms with van der Waals surface area (Å²) in [5.74, 6) is 0.141. The van der Waals surface area contributed by atoms with Crippen LogP contribution in [0.3, 0.4) is 0 Å². The van der Waals surface area contributed by atoms with Crippen molar-refractivity contribution < 1.29 is 4.79 Å². The Labute approximate surface area is 122 Å². The highest BCUT2D eigenvalue weighted by atomic mass is 16.1. The van der Waals surface area contributed by atoms with Gasteiger partial charge in [0, 0.05) is 11.6 Å². The Hall–Kier alpha value is -2.50. The van der Waals surface area contributed by atoms with Crippen molar-refractivity contribution >= 4 is 11.6 Å². The lowest BCUT2D eigenvalue weighted by molar-refractivity contribution is -0.120. The van der Waals surface area contributed by atoms with E-state index >= 15 is 0 Å². The summed E-state index contributed by atoms with van der Waals surface area (Å²) >= 11 is 0. The molecule has 0 radical (unpaired) electrons. The predicted octanol–water partition coefficient (Wildman–Crippen LogP) is 2.27. The molecule has 1 amide bonds. The van der Waals surface area contributed by atoms with Gasteiger partial charge in [0.1, 0.15) is 6.33 Å². The molecule has 1 aromatic heterocycles. The van der Waals surface area contributed by atoms with Crippen LogP contribution in [0.2, 0.25) is 0 Å². The molecular weight excluding hydrogens is 266 g/mol. The molecular formula is C15H17N5O. The zero-order valence-electron chi connectivity index (χ0n) is 11.9. The number of hydrogen-bond donors (Lipinski definition) is 1. The van der Waals surface area contributed by atoms with Gasteiger partial charge in [-0.2, -0.15) is 0 Å². The van der Waals surface area contributed by atoms with E-state index in [2.05, 4.69) is 33.0 Å². The SMILES string of the molecule is Cc1ccc(-n2cnnn2)cc1NC(=O)[C@@H]1CC=CCC1. The summed E-state index contributed by atoms with van der Waals surface area (Å²) in [5.41, 5.74) is 2.65. The molecule has 6 nitrogen and oxygen atoms in total. The smallest absolute Gasteiger partial charge is 0.227 e. The summed E-state index contributed by atoms with van der Waals surface area (Å²) in [7, 11) is 0. The van der Waals surface area contributed by atoms with Gasteiger partial charge in [-0.1, -0.05) is 18.2 Å². The summed E-state index contributed by atoms with van der Waals surface area (Å²) in [6.45, 7) is 1.97. The van der Waals surface area contributed by atoms with Gasteiger partial charge >= 0.3 is 0 Å². The van der Waals surface area contributed by atoms with E-state index < -0.39 is 0 Å². The molecule has 0 spiro atoms. The zero-order valence-corrected chi connectivity index (χ0v) is 11.9. The van der Waals surface area contributed by atoms with Crippen LogP contribution >= 0.6 is 0 Å². The fourth-order valence-corrected chi connectivity index (χ4v) is 2.43. The summed E-state index contributed by atoms with van der Waals surface area (Å²) in [4.78, 5) is 12.3. The van der Waals surface area contributed by atoms with Crippen LogP contribution in [0.1, 0.15) is 24.8 Å². The first kappa shape index (κ1) is 13.5. The third-order valence-electron chi connectivity index (χ3n) is 3.73. The highest BCUT2D eigenvalue weighted by Gasteiger charge is 2.19. The number of carbonyl (C=O) groups is 1. The lowest BCUT2D eigenvalue weighted by atomic mass is 9.93. The molecule has 1 atom stereocenters. The third-order valence-corrected chi connectivity index (χ3v) is 3.73. The summed E-state index contributed by atoms with van der Waals surface area (Å²) in [6, 6.07) is 5.76. The van der Waals surface area contributed by atoms with Gasteiger partial charge in [-0.15, -0.1) is 5.10 Å². The minimum atomic E-state index is 0.0612. The molecule has 3 rings (SSSR count). The van der Waals surface area contributed by atoms with E-state index in [4.69, 9.17) is 0 Å². The largest absolute Gasteiger partial charge is 0.326 e. The van der Waals surface area contributed by atoms with Gasteiger partial charge in [-0.25, -0.2) is 4.68 Å². The fraction of sp³-hybridized carbons (Fsp3) is 0.333. The first-order chi connectivity index (χ1) is 10.2. The molecule has 0 unspecified atom stereocenters. The number of allylic oxidation sites excluding steroid dienone is 2. The molecule has 2 aromatic rings. The van der Waals surface area contributed by atoms with Crippen molar-refractivity contribution in [3.8, 4) is 5.69 Å². The number of benzene rings is 1. The highest BCUT2D eigenvalue weighted by Crippen LogP contribution is 2.23. The number of aryl methyl sites for hydroxylation is 1. The number of tetrazole rings is 1. The summed E-state index contributed by atoms with van der Waals surface area (Å²) in [6.07, 6.45) is 8.45. The van der Waals surface area contributed by atoms with Crippen molar-refractivity contribution in [1.82, 2.24) is 20.2 Å². The average molecular weight is 283 g/mol. The molecule has 21 heavy (non-hydrogen) atoms. The molecule has 0 saturated heterocycles. The number of rotatable bonds is 3. The lowest BCUT2D eigenvalue weighted by Crippen LogP contribution is -2.24.